The molecule has 0 aromatic rings. The maximum Gasteiger partial charge on any atom is 0.328 e. The Bertz CT molecular complexity index is 298. The largest absolute Gasteiger partial charge is 0.394 e. The van der Waals surface area contributed by atoms with Gasteiger partial charge in [-0.25, -0.2) is 4.79 Å². The van der Waals surface area contributed by atoms with Crippen molar-refractivity contribution in [1.29, 1.82) is 0 Å². The first-order valence-electron chi connectivity index (χ1n) is 4.58. The molecular weight excluding hydrogens is 220 g/mol. The first-order chi connectivity index (χ1) is 7.45. The molecule has 1 rings (SSSR count). The normalized spacial score (nSPS) is 21.3. The average molecular weight is 232 g/mol. The topological polar surface area (TPSA) is 136 Å². The minimum absolute atomic E-state index is 0.368. The summed E-state index contributed by atoms with van der Waals surface area (Å²) in [6, 6.07) is -0.913. The zero-order valence-corrected chi connectivity index (χ0v) is 8.21. The molecule has 90 valence electrons. The van der Waals surface area contributed by atoms with Crippen molar-refractivity contribution in [2.75, 3.05) is 6.61 Å². The highest BCUT2D eigenvalue weighted by atomic mass is 16.4. The highest BCUT2D eigenvalue weighted by Crippen LogP contribution is 2.12. The van der Waals surface area contributed by atoms with Crippen LogP contribution in [-0.4, -0.2) is 52.0 Å². The SMILES string of the molecule is O=C1NC(=O)C(C[C@H](O)[C@H](O)CO)C(=O)N1. The maximum absolute atomic E-state index is 11.2. The lowest BCUT2D eigenvalue weighted by Gasteiger charge is -2.24. The van der Waals surface area contributed by atoms with Crippen LogP contribution in [0.25, 0.3) is 0 Å². The number of imide groups is 2. The molecule has 8 heteroatoms. The molecule has 0 bridgehead atoms. The van der Waals surface area contributed by atoms with Gasteiger partial charge in [0.1, 0.15) is 12.0 Å². The second kappa shape index (κ2) is 5.01. The quantitative estimate of drug-likeness (QED) is 0.329. The fourth-order valence-corrected chi connectivity index (χ4v) is 1.28. The Labute approximate surface area is 90.3 Å². The van der Waals surface area contributed by atoms with Crippen LogP contribution in [0.5, 0.6) is 0 Å². The zero-order chi connectivity index (χ0) is 12.3. The highest BCUT2D eigenvalue weighted by molar-refractivity contribution is 6.16. The molecule has 1 fully saturated rings. The Balaban J connectivity index is 2.62. The Morgan fingerprint density at radius 2 is 1.56 bits per heavy atom. The number of urea groups is 1. The Morgan fingerprint density at radius 3 is 2.00 bits per heavy atom. The van der Waals surface area contributed by atoms with Crippen LogP contribution in [-0.2, 0) is 9.59 Å². The van der Waals surface area contributed by atoms with E-state index in [2.05, 4.69) is 0 Å². The van der Waals surface area contributed by atoms with Crippen molar-refractivity contribution in [1.82, 2.24) is 10.6 Å². The Hall–Kier alpha value is -1.51. The third kappa shape index (κ3) is 2.75. The number of aliphatic hydroxyl groups is 3. The average Bonchev–Trinajstić information content (AvgIpc) is 2.21. The molecule has 1 aliphatic heterocycles. The predicted octanol–water partition coefficient (Wildman–Crippen LogP) is -2.93. The summed E-state index contributed by atoms with van der Waals surface area (Å²) in [5.74, 6) is -2.93. The second-order valence-electron chi connectivity index (χ2n) is 3.41. The molecule has 8 nitrogen and oxygen atoms in total. The summed E-state index contributed by atoms with van der Waals surface area (Å²) in [6.07, 6.45) is -3.22. The van der Waals surface area contributed by atoms with Crippen molar-refractivity contribution in [2.24, 2.45) is 5.92 Å². The molecule has 1 saturated heterocycles. The lowest BCUT2D eigenvalue weighted by atomic mass is 9.96. The van der Waals surface area contributed by atoms with Gasteiger partial charge in [-0.1, -0.05) is 0 Å². The molecule has 0 aliphatic carbocycles. The maximum atomic E-state index is 11.2. The standard InChI is InChI=1S/C8H12N2O6/c11-2-5(13)4(12)1-3-6(14)9-8(16)10-7(3)15/h3-5,11-13H,1-2H2,(H2,9,10,14,15,16)/t4-,5+/m0/s1. The third-order valence-electron chi connectivity index (χ3n) is 2.21. The molecule has 0 spiro atoms. The number of carbonyl (C=O) groups is 3. The van der Waals surface area contributed by atoms with Crippen molar-refractivity contribution < 1.29 is 29.7 Å². The van der Waals surface area contributed by atoms with Crippen molar-refractivity contribution in [3.05, 3.63) is 0 Å². The first kappa shape index (κ1) is 12.6. The van der Waals surface area contributed by atoms with Crippen LogP contribution in [0.1, 0.15) is 6.42 Å². The van der Waals surface area contributed by atoms with Crippen molar-refractivity contribution >= 4 is 17.8 Å². The molecule has 4 amide bonds. The zero-order valence-electron chi connectivity index (χ0n) is 8.21. The van der Waals surface area contributed by atoms with Crippen LogP contribution in [0.3, 0.4) is 0 Å². The van der Waals surface area contributed by atoms with Crippen molar-refractivity contribution in [3.63, 3.8) is 0 Å². The number of carbonyl (C=O) groups excluding carboxylic acids is 3. The van der Waals surface area contributed by atoms with Gasteiger partial charge >= 0.3 is 6.03 Å². The number of barbiturate groups is 1. The first-order valence-corrected chi connectivity index (χ1v) is 4.58. The lowest BCUT2D eigenvalue weighted by molar-refractivity contribution is -0.138. The van der Waals surface area contributed by atoms with E-state index >= 15 is 0 Å². The van der Waals surface area contributed by atoms with Crippen LogP contribution >= 0.6 is 0 Å². The van der Waals surface area contributed by atoms with Gasteiger partial charge in [0.05, 0.1) is 12.7 Å². The van der Waals surface area contributed by atoms with Gasteiger partial charge in [-0.15, -0.1) is 0 Å². The molecule has 0 aromatic carbocycles. The Morgan fingerprint density at radius 1 is 1.06 bits per heavy atom. The van der Waals surface area contributed by atoms with Gasteiger partial charge in [0.15, 0.2) is 0 Å². The number of rotatable bonds is 4. The van der Waals surface area contributed by atoms with Crippen LogP contribution < -0.4 is 10.6 Å². The smallest absolute Gasteiger partial charge is 0.328 e. The molecule has 1 heterocycles. The molecule has 0 aromatic heterocycles. The molecular formula is C8H12N2O6. The summed E-state index contributed by atoms with van der Waals surface area (Å²) < 4.78 is 0. The van der Waals surface area contributed by atoms with Crippen molar-refractivity contribution in [2.45, 2.75) is 18.6 Å². The van der Waals surface area contributed by atoms with E-state index < -0.39 is 42.6 Å². The highest BCUT2D eigenvalue weighted by Gasteiger charge is 2.36. The lowest BCUT2D eigenvalue weighted by Crippen LogP contribution is -2.56. The van der Waals surface area contributed by atoms with Gasteiger partial charge in [0, 0.05) is 0 Å². The van der Waals surface area contributed by atoms with Gasteiger partial charge in [0.2, 0.25) is 11.8 Å². The van der Waals surface area contributed by atoms with Gasteiger partial charge in [-0.05, 0) is 6.42 Å². The summed E-state index contributed by atoms with van der Waals surface area (Å²) >= 11 is 0. The summed E-state index contributed by atoms with van der Waals surface area (Å²) in [5, 5.41) is 30.6. The number of nitrogens with one attached hydrogen (secondary N) is 2. The fourth-order valence-electron chi connectivity index (χ4n) is 1.28. The van der Waals surface area contributed by atoms with Gasteiger partial charge < -0.3 is 15.3 Å². The molecule has 2 atom stereocenters. The van der Waals surface area contributed by atoms with Gasteiger partial charge in [-0.2, -0.15) is 0 Å². The van der Waals surface area contributed by atoms with Crippen LogP contribution in [0.15, 0.2) is 0 Å². The van der Waals surface area contributed by atoms with E-state index in [1.807, 2.05) is 10.6 Å². The second-order valence-corrected chi connectivity index (χ2v) is 3.41. The van der Waals surface area contributed by atoms with Gasteiger partial charge in [0.25, 0.3) is 0 Å². The molecule has 0 radical (unpaired) electrons. The van der Waals surface area contributed by atoms with Crippen molar-refractivity contribution in [3.8, 4) is 0 Å². The number of amides is 4. The summed E-state index contributed by atoms with van der Waals surface area (Å²) in [7, 11) is 0. The van der Waals surface area contributed by atoms with Crippen LogP contribution in [0, 0.1) is 5.92 Å². The predicted molar refractivity (Wildman–Crippen MR) is 48.9 cm³/mol. The summed E-state index contributed by atoms with van der Waals surface area (Å²) in [4.78, 5) is 33.1. The summed E-state index contributed by atoms with van der Waals surface area (Å²) in [6.45, 7) is -0.684. The van der Waals surface area contributed by atoms with E-state index in [0.717, 1.165) is 0 Å². The van der Waals surface area contributed by atoms with Crippen LogP contribution in [0.2, 0.25) is 0 Å². The monoisotopic (exact) mass is 232 g/mol. The number of hydrogen-bond acceptors (Lipinski definition) is 6. The summed E-state index contributed by atoms with van der Waals surface area (Å²) in [5.41, 5.74) is 0. The van der Waals surface area contributed by atoms with E-state index in [-0.39, 0.29) is 6.42 Å². The minimum Gasteiger partial charge on any atom is -0.394 e. The van der Waals surface area contributed by atoms with E-state index in [0.29, 0.717) is 0 Å². The molecule has 16 heavy (non-hydrogen) atoms. The number of hydrogen-bond donors (Lipinski definition) is 5. The molecule has 0 saturated carbocycles. The van der Waals surface area contributed by atoms with Gasteiger partial charge in [-0.3, -0.25) is 20.2 Å². The van der Waals surface area contributed by atoms with E-state index in [4.69, 9.17) is 10.2 Å². The third-order valence-corrected chi connectivity index (χ3v) is 2.21. The van der Waals surface area contributed by atoms with E-state index in [1.54, 1.807) is 0 Å². The minimum atomic E-state index is -1.43. The molecule has 0 unspecified atom stereocenters. The molecule has 5 N–H and O–H groups in total. The van der Waals surface area contributed by atoms with E-state index in [9.17, 15) is 19.5 Å². The Kier molecular flexibility index (Phi) is 3.93. The number of aliphatic hydroxyl groups excluding tert-OH is 3. The van der Waals surface area contributed by atoms with Crippen LogP contribution in [0.4, 0.5) is 4.79 Å². The molecule has 1 aliphatic rings. The van der Waals surface area contributed by atoms with E-state index in [1.165, 1.54) is 0 Å². The fraction of sp³-hybridized carbons (Fsp3) is 0.625.